The predicted octanol–water partition coefficient (Wildman–Crippen LogP) is 1.90. The minimum absolute atomic E-state index is 0.149. The molecule has 0 amide bonds. The SMILES string of the molecule is OCC(c1ccc(F)cc1)C1CCNCC1. The second-order valence-corrected chi connectivity index (χ2v) is 4.43. The summed E-state index contributed by atoms with van der Waals surface area (Å²) in [5.74, 6) is 0.449. The Kier molecular flexibility index (Phi) is 3.91. The number of hydrogen-bond acceptors (Lipinski definition) is 2. The number of halogens is 1. The number of rotatable bonds is 3. The largest absolute Gasteiger partial charge is 0.396 e. The number of aliphatic hydroxyl groups is 1. The first kappa shape index (κ1) is 11.6. The highest BCUT2D eigenvalue weighted by molar-refractivity contribution is 5.21. The van der Waals surface area contributed by atoms with Gasteiger partial charge in [0, 0.05) is 5.92 Å². The zero-order valence-electron chi connectivity index (χ0n) is 9.32. The maximum atomic E-state index is 12.8. The van der Waals surface area contributed by atoms with Crippen LogP contribution in [0, 0.1) is 11.7 Å². The van der Waals surface area contributed by atoms with Crippen molar-refractivity contribution in [1.29, 1.82) is 0 Å². The standard InChI is InChI=1S/C13H18FNO/c14-12-3-1-10(2-4-12)13(9-16)11-5-7-15-8-6-11/h1-4,11,13,15-16H,5-9H2. The van der Waals surface area contributed by atoms with E-state index in [9.17, 15) is 9.50 Å². The molecule has 1 aromatic carbocycles. The van der Waals surface area contributed by atoms with E-state index >= 15 is 0 Å². The van der Waals surface area contributed by atoms with Gasteiger partial charge in [0.1, 0.15) is 5.82 Å². The lowest BCUT2D eigenvalue weighted by Gasteiger charge is -2.29. The van der Waals surface area contributed by atoms with Gasteiger partial charge in [0.05, 0.1) is 6.61 Å². The summed E-state index contributed by atoms with van der Waals surface area (Å²) < 4.78 is 12.8. The van der Waals surface area contributed by atoms with Crippen molar-refractivity contribution in [2.45, 2.75) is 18.8 Å². The molecule has 0 saturated carbocycles. The molecular weight excluding hydrogens is 205 g/mol. The molecule has 2 N–H and O–H groups in total. The van der Waals surface area contributed by atoms with Gasteiger partial charge in [-0.15, -0.1) is 0 Å². The van der Waals surface area contributed by atoms with Crippen LogP contribution in [0.15, 0.2) is 24.3 Å². The first-order valence-corrected chi connectivity index (χ1v) is 5.88. The molecule has 0 aromatic heterocycles. The van der Waals surface area contributed by atoms with Crippen LogP contribution in [-0.2, 0) is 0 Å². The summed E-state index contributed by atoms with van der Waals surface area (Å²) in [6.45, 7) is 2.18. The third-order valence-electron chi connectivity index (χ3n) is 3.45. The third-order valence-corrected chi connectivity index (χ3v) is 3.45. The average Bonchev–Trinajstić information content (AvgIpc) is 2.34. The lowest BCUT2D eigenvalue weighted by Crippen LogP contribution is -2.32. The van der Waals surface area contributed by atoms with Crippen LogP contribution in [0.25, 0.3) is 0 Å². The van der Waals surface area contributed by atoms with E-state index in [2.05, 4.69) is 5.32 Å². The minimum Gasteiger partial charge on any atom is -0.396 e. The van der Waals surface area contributed by atoms with Gasteiger partial charge in [-0.2, -0.15) is 0 Å². The van der Waals surface area contributed by atoms with E-state index in [0.717, 1.165) is 31.5 Å². The van der Waals surface area contributed by atoms with Crippen molar-refractivity contribution in [3.8, 4) is 0 Å². The van der Waals surface area contributed by atoms with E-state index in [1.165, 1.54) is 12.1 Å². The van der Waals surface area contributed by atoms with Crippen molar-refractivity contribution in [3.63, 3.8) is 0 Å². The lowest BCUT2D eigenvalue weighted by molar-refractivity contribution is 0.201. The molecule has 88 valence electrons. The van der Waals surface area contributed by atoms with E-state index in [0.29, 0.717) is 5.92 Å². The van der Waals surface area contributed by atoms with Crippen LogP contribution in [-0.4, -0.2) is 24.8 Å². The number of benzene rings is 1. The molecule has 0 aliphatic carbocycles. The maximum absolute atomic E-state index is 12.8. The summed E-state index contributed by atoms with van der Waals surface area (Å²) in [6, 6.07) is 6.52. The maximum Gasteiger partial charge on any atom is 0.123 e. The van der Waals surface area contributed by atoms with Crippen LogP contribution in [0.4, 0.5) is 4.39 Å². The first-order chi connectivity index (χ1) is 7.81. The van der Waals surface area contributed by atoms with Crippen LogP contribution in [0.5, 0.6) is 0 Å². The summed E-state index contributed by atoms with van der Waals surface area (Å²) in [5, 5.41) is 12.8. The second kappa shape index (κ2) is 5.41. The highest BCUT2D eigenvalue weighted by Crippen LogP contribution is 2.30. The molecule has 1 fully saturated rings. The number of aliphatic hydroxyl groups excluding tert-OH is 1. The van der Waals surface area contributed by atoms with E-state index in [-0.39, 0.29) is 18.3 Å². The summed E-state index contributed by atoms with van der Waals surface area (Å²) in [5.41, 5.74) is 1.05. The third kappa shape index (κ3) is 2.60. The molecule has 1 aliphatic heterocycles. The predicted molar refractivity (Wildman–Crippen MR) is 61.8 cm³/mol. The smallest absolute Gasteiger partial charge is 0.123 e. The molecule has 1 atom stereocenters. The normalized spacial score (nSPS) is 19.6. The quantitative estimate of drug-likeness (QED) is 0.820. The Balaban J connectivity index is 2.11. The van der Waals surface area contributed by atoms with Gasteiger partial charge in [-0.05, 0) is 49.5 Å². The van der Waals surface area contributed by atoms with Crippen molar-refractivity contribution in [2.75, 3.05) is 19.7 Å². The van der Waals surface area contributed by atoms with E-state index in [1.54, 1.807) is 12.1 Å². The van der Waals surface area contributed by atoms with Gasteiger partial charge < -0.3 is 10.4 Å². The molecule has 2 nitrogen and oxygen atoms in total. The fraction of sp³-hybridized carbons (Fsp3) is 0.538. The van der Waals surface area contributed by atoms with Gasteiger partial charge >= 0.3 is 0 Å². The Morgan fingerprint density at radius 3 is 2.44 bits per heavy atom. The Morgan fingerprint density at radius 2 is 1.88 bits per heavy atom. The summed E-state index contributed by atoms with van der Waals surface area (Å²) in [4.78, 5) is 0. The molecule has 2 rings (SSSR count). The Hall–Kier alpha value is -0.930. The van der Waals surface area contributed by atoms with Crippen LogP contribution in [0.3, 0.4) is 0 Å². The topological polar surface area (TPSA) is 32.3 Å². The second-order valence-electron chi connectivity index (χ2n) is 4.43. The van der Waals surface area contributed by atoms with Crippen molar-refractivity contribution < 1.29 is 9.50 Å². The fourth-order valence-corrected chi connectivity index (χ4v) is 2.48. The van der Waals surface area contributed by atoms with Crippen molar-refractivity contribution in [1.82, 2.24) is 5.32 Å². The van der Waals surface area contributed by atoms with Gasteiger partial charge in [-0.3, -0.25) is 0 Å². The Labute approximate surface area is 95.5 Å². The molecule has 16 heavy (non-hydrogen) atoms. The van der Waals surface area contributed by atoms with Crippen molar-refractivity contribution in [2.24, 2.45) is 5.92 Å². The Morgan fingerprint density at radius 1 is 1.25 bits per heavy atom. The number of nitrogens with one attached hydrogen (secondary N) is 1. The Bertz CT molecular complexity index is 319. The zero-order chi connectivity index (χ0) is 11.4. The van der Waals surface area contributed by atoms with Gasteiger partial charge in [0.2, 0.25) is 0 Å². The van der Waals surface area contributed by atoms with Gasteiger partial charge in [0.25, 0.3) is 0 Å². The van der Waals surface area contributed by atoms with Crippen LogP contribution in [0.2, 0.25) is 0 Å². The van der Waals surface area contributed by atoms with Crippen LogP contribution >= 0.6 is 0 Å². The lowest BCUT2D eigenvalue weighted by atomic mass is 9.81. The molecule has 1 aliphatic rings. The fourth-order valence-electron chi connectivity index (χ4n) is 2.48. The van der Waals surface area contributed by atoms with E-state index < -0.39 is 0 Å². The van der Waals surface area contributed by atoms with E-state index in [4.69, 9.17) is 0 Å². The molecule has 0 spiro atoms. The summed E-state index contributed by atoms with van der Waals surface area (Å²) in [7, 11) is 0. The molecule has 1 unspecified atom stereocenters. The molecule has 1 saturated heterocycles. The van der Waals surface area contributed by atoms with Gasteiger partial charge in [-0.1, -0.05) is 12.1 Å². The highest BCUT2D eigenvalue weighted by Gasteiger charge is 2.24. The molecular formula is C13H18FNO. The summed E-state index contributed by atoms with van der Waals surface area (Å²) in [6.07, 6.45) is 2.17. The van der Waals surface area contributed by atoms with Crippen molar-refractivity contribution >= 4 is 0 Å². The molecule has 1 aromatic rings. The van der Waals surface area contributed by atoms with E-state index in [1.807, 2.05) is 0 Å². The minimum atomic E-state index is -0.217. The highest BCUT2D eigenvalue weighted by atomic mass is 19.1. The van der Waals surface area contributed by atoms with Crippen molar-refractivity contribution in [3.05, 3.63) is 35.6 Å². The number of hydrogen-bond donors (Lipinski definition) is 2. The molecule has 3 heteroatoms. The average molecular weight is 223 g/mol. The number of piperidine rings is 1. The van der Waals surface area contributed by atoms with Crippen LogP contribution in [0.1, 0.15) is 24.3 Å². The summed E-state index contributed by atoms with van der Waals surface area (Å²) >= 11 is 0. The van der Waals surface area contributed by atoms with Gasteiger partial charge in [0.15, 0.2) is 0 Å². The molecule has 1 heterocycles. The molecule has 0 radical (unpaired) electrons. The zero-order valence-corrected chi connectivity index (χ0v) is 9.32. The monoisotopic (exact) mass is 223 g/mol. The van der Waals surface area contributed by atoms with Crippen LogP contribution < -0.4 is 5.32 Å². The molecule has 0 bridgehead atoms. The first-order valence-electron chi connectivity index (χ1n) is 5.88. The van der Waals surface area contributed by atoms with Gasteiger partial charge in [-0.25, -0.2) is 4.39 Å².